The summed E-state index contributed by atoms with van der Waals surface area (Å²) < 4.78 is 1.11. The number of anilines is 1. The molecule has 0 fully saturated rings. The standard InChI is InChI=1S/C12H15BrN2/c1-3-10(6-7-14)15-11-4-5-12(13)9(2)8-11/h4-5,8,10,15H,3,6H2,1-2H3. The van der Waals surface area contributed by atoms with Crippen molar-refractivity contribution in [2.75, 3.05) is 5.32 Å². The van der Waals surface area contributed by atoms with Gasteiger partial charge in [0.25, 0.3) is 0 Å². The highest BCUT2D eigenvalue weighted by Gasteiger charge is 2.05. The lowest BCUT2D eigenvalue weighted by Crippen LogP contribution is -2.17. The summed E-state index contributed by atoms with van der Waals surface area (Å²) in [5, 5.41) is 12.0. The molecule has 1 aromatic rings. The molecule has 3 heteroatoms. The third kappa shape index (κ3) is 3.56. The molecule has 0 heterocycles. The Kier molecular flexibility index (Phi) is 4.64. The van der Waals surface area contributed by atoms with Gasteiger partial charge in [-0.15, -0.1) is 0 Å². The van der Waals surface area contributed by atoms with Crippen LogP contribution in [0.15, 0.2) is 22.7 Å². The van der Waals surface area contributed by atoms with Crippen molar-refractivity contribution >= 4 is 21.6 Å². The Morgan fingerprint density at radius 3 is 2.80 bits per heavy atom. The van der Waals surface area contributed by atoms with Gasteiger partial charge >= 0.3 is 0 Å². The number of nitriles is 1. The summed E-state index contributed by atoms with van der Waals surface area (Å²) in [6.45, 7) is 4.14. The van der Waals surface area contributed by atoms with E-state index in [0.29, 0.717) is 6.42 Å². The van der Waals surface area contributed by atoms with Crippen LogP contribution in [0.4, 0.5) is 5.69 Å². The maximum atomic E-state index is 8.65. The summed E-state index contributed by atoms with van der Waals surface area (Å²) in [6.07, 6.45) is 1.51. The van der Waals surface area contributed by atoms with Gasteiger partial charge in [0.1, 0.15) is 0 Å². The van der Waals surface area contributed by atoms with E-state index < -0.39 is 0 Å². The summed E-state index contributed by atoms with van der Waals surface area (Å²) >= 11 is 3.46. The molecule has 0 aliphatic carbocycles. The zero-order valence-corrected chi connectivity index (χ0v) is 10.6. The Morgan fingerprint density at radius 2 is 2.27 bits per heavy atom. The van der Waals surface area contributed by atoms with Crippen molar-refractivity contribution in [3.63, 3.8) is 0 Å². The van der Waals surface area contributed by atoms with Crippen LogP contribution in [0.2, 0.25) is 0 Å². The van der Waals surface area contributed by atoms with Gasteiger partial charge in [-0.3, -0.25) is 0 Å². The van der Waals surface area contributed by atoms with Crippen LogP contribution in [-0.2, 0) is 0 Å². The van der Waals surface area contributed by atoms with Gasteiger partial charge in [0, 0.05) is 16.2 Å². The molecule has 0 saturated carbocycles. The van der Waals surface area contributed by atoms with Gasteiger partial charge in [0.15, 0.2) is 0 Å². The van der Waals surface area contributed by atoms with Gasteiger partial charge in [-0.1, -0.05) is 22.9 Å². The van der Waals surface area contributed by atoms with E-state index in [1.807, 2.05) is 12.1 Å². The lowest BCUT2D eigenvalue weighted by molar-refractivity contribution is 0.711. The van der Waals surface area contributed by atoms with E-state index in [1.54, 1.807) is 0 Å². The summed E-state index contributed by atoms with van der Waals surface area (Å²) in [7, 11) is 0. The van der Waals surface area contributed by atoms with E-state index in [2.05, 4.69) is 47.2 Å². The number of aryl methyl sites for hydroxylation is 1. The average molecular weight is 267 g/mol. The predicted octanol–water partition coefficient (Wildman–Crippen LogP) is 3.86. The van der Waals surface area contributed by atoms with Crippen molar-refractivity contribution in [1.82, 2.24) is 0 Å². The van der Waals surface area contributed by atoms with Gasteiger partial charge in [0.05, 0.1) is 12.5 Å². The fourth-order valence-corrected chi connectivity index (χ4v) is 1.62. The highest BCUT2D eigenvalue weighted by molar-refractivity contribution is 9.10. The number of halogens is 1. The third-order valence-corrected chi connectivity index (χ3v) is 3.25. The maximum absolute atomic E-state index is 8.65. The van der Waals surface area contributed by atoms with Gasteiger partial charge in [-0.25, -0.2) is 0 Å². The van der Waals surface area contributed by atoms with E-state index in [0.717, 1.165) is 16.6 Å². The molecule has 1 aromatic carbocycles. The molecule has 1 unspecified atom stereocenters. The van der Waals surface area contributed by atoms with Crippen molar-refractivity contribution in [2.24, 2.45) is 0 Å². The van der Waals surface area contributed by atoms with E-state index in [4.69, 9.17) is 5.26 Å². The monoisotopic (exact) mass is 266 g/mol. The zero-order valence-electron chi connectivity index (χ0n) is 9.05. The molecule has 0 radical (unpaired) electrons. The topological polar surface area (TPSA) is 35.8 Å². The van der Waals surface area contributed by atoms with Gasteiger partial charge in [-0.05, 0) is 37.1 Å². The number of hydrogen-bond acceptors (Lipinski definition) is 2. The lowest BCUT2D eigenvalue weighted by atomic mass is 10.1. The van der Waals surface area contributed by atoms with Crippen LogP contribution in [-0.4, -0.2) is 6.04 Å². The second-order valence-corrected chi connectivity index (χ2v) is 4.43. The molecule has 0 amide bonds. The first-order valence-corrected chi connectivity index (χ1v) is 5.86. The Morgan fingerprint density at radius 1 is 1.53 bits per heavy atom. The highest BCUT2D eigenvalue weighted by Crippen LogP contribution is 2.21. The molecule has 1 atom stereocenters. The van der Waals surface area contributed by atoms with Gasteiger partial charge in [-0.2, -0.15) is 5.26 Å². The SMILES string of the molecule is CCC(CC#N)Nc1ccc(Br)c(C)c1. The second-order valence-electron chi connectivity index (χ2n) is 3.58. The first-order valence-electron chi connectivity index (χ1n) is 5.07. The van der Waals surface area contributed by atoms with Crippen molar-refractivity contribution in [1.29, 1.82) is 5.26 Å². The molecule has 1 N–H and O–H groups in total. The minimum atomic E-state index is 0.246. The van der Waals surface area contributed by atoms with Crippen LogP contribution >= 0.6 is 15.9 Å². The van der Waals surface area contributed by atoms with Crippen LogP contribution in [0.5, 0.6) is 0 Å². The van der Waals surface area contributed by atoms with Crippen molar-refractivity contribution in [3.8, 4) is 6.07 Å². The minimum Gasteiger partial charge on any atom is -0.381 e. The molecule has 2 nitrogen and oxygen atoms in total. The molecule has 0 saturated heterocycles. The average Bonchev–Trinajstić information content (AvgIpc) is 2.23. The summed E-state index contributed by atoms with van der Waals surface area (Å²) in [5.74, 6) is 0. The van der Waals surface area contributed by atoms with Crippen molar-refractivity contribution < 1.29 is 0 Å². The third-order valence-electron chi connectivity index (χ3n) is 2.36. The van der Waals surface area contributed by atoms with E-state index >= 15 is 0 Å². The van der Waals surface area contributed by atoms with Gasteiger partial charge in [0.2, 0.25) is 0 Å². The molecule has 0 aromatic heterocycles. The summed E-state index contributed by atoms with van der Waals surface area (Å²) in [4.78, 5) is 0. The maximum Gasteiger partial charge on any atom is 0.0643 e. The fourth-order valence-electron chi connectivity index (χ4n) is 1.38. The number of benzene rings is 1. The number of rotatable bonds is 4. The molecule has 80 valence electrons. The Balaban J connectivity index is 2.71. The second kappa shape index (κ2) is 5.77. The molecule has 0 bridgehead atoms. The minimum absolute atomic E-state index is 0.246. The molecule has 0 aliphatic rings. The van der Waals surface area contributed by atoms with E-state index in [9.17, 15) is 0 Å². The summed E-state index contributed by atoms with van der Waals surface area (Å²) in [6, 6.07) is 8.58. The largest absolute Gasteiger partial charge is 0.381 e. The zero-order chi connectivity index (χ0) is 11.3. The quantitative estimate of drug-likeness (QED) is 0.899. The Hall–Kier alpha value is -1.01. The normalized spacial score (nSPS) is 11.9. The molecule has 0 spiro atoms. The van der Waals surface area contributed by atoms with E-state index in [-0.39, 0.29) is 6.04 Å². The van der Waals surface area contributed by atoms with Crippen LogP contribution < -0.4 is 5.32 Å². The summed E-state index contributed by atoms with van der Waals surface area (Å²) in [5.41, 5.74) is 2.28. The van der Waals surface area contributed by atoms with Crippen LogP contribution in [0.1, 0.15) is 25.3 Å². The van der Waals surface area contributed by atoms with Crippen molar-refractivity contribution in [3.05, 3.63) is 28.2 Å². The smallest absolute Gasteiger partial charge is 0.0643 e. The highest BCUT2D eigenvalue weighted by atomic mass is 79.9. The van der Waals surface area contributed by atoms with Crippen LogP contribution in [0.25, 0.3) is 0 Å². The molecule has 0 aliphatic heterocycles. The van der Waals surface area contributed by atoms with E-state index in [1.165, 1.54) is 5.56 Å². The Bertz CT molecular complexity index is 368. The first kappa shape index (κ1) is 12.1. The number of hydrogen-bond donors (Lipinski definition) is 1. The number of nitrogens with one attached hydrogen (secondary N) is 1. The lowest BCUT2D eigenvalue weighted by Gasteiger charge is -2.15. The number of nitrogens with zero attached hydrogens (tertiary/aromatic N) is 1. The predicted molar refractivity (Wildman–Crippen MR) is 66.8 cm³/mol. The fraction of sp³-hybridized carbons (Fsp3) is 0.417. The molecular formula is C12H15BrN2. The van der Waals surface area contributed by atoms with Gasteiger partial charge < -0.3 is 5.32 Å². The Labute approximate surface area is 99.4 Å². The van der Waals surface area contributed by atoms with Crippen molar-refractivity contribution in [2.45, 2.75) is 32.7 Å². The first-order chi connectivity index (χ1) is 7.17. The molecule has 15 heavy (non-hydrogen) atoms. The van der Waals surface area contributed by atoms with Crippen LogP contribution in [0.3, 0.4) is 0 Å². The molecular weight excluding hydrogens is 252 g/mol. The molecule has 1 rings (SSSR count). The van der Waals surface area contributed by atoms with Crippen LogP contribution in [0, 0.1) is 18.3 Å².